The summed E-state index contributed by atoms with van der Waals surface area (Å²) in [6.07, 6.45) is 0. The van der Waals surface area contributed by atoms with E-state index in [4.69, 9.17) is 17.3 Å². The van der Waals surface area contributed by atoms with Crippen LogP contribution in [0.2, 0.25) is 5.02 Å². The van der Waals surface area contributed by atoms with Gasteiger partial charge in [-0.3, -0.25) is 0 Å². The van der Waals surface area contributed by atoms with E-state index in [1.165, 1.54) is 0 Å². The molecular weight excluding hydrogens is 205 g/mol. The van der Waals surface area contributed by atoms with Gasteiger partial charge in [-0.15, -0.1) is 0 Å². The lowest BCUT2D eigenvalue weighted by molar-refractivity contribution is 0.588. The molecule has 13 heavy (non-hydrogen) atoms. The van der Waals surface area contributed by atoms with E-state index in [1.54, 1.807) is 25.5 Å². The first-order chi connectivity index (χ1) is 5.82. The molecule has 72 valence electrons. The Morgan fingerprint density at radius 2 is 1.92 bits per heavy atom. The van der Waals surface area contributed by atoms with Gasteiger partial charge < -0.3 is 10.3 Å². The summed E-state index contributed by atoms with van der Waals surface area (Å²) in [5.41, 5.74) is 7.22. The molecule has 0 unspecified atom stereocenters. The van der Waals surface area contributed by atoms with Gasteiger partial charge in [0.1, 0.15) is 7.14 Å². The van der Waals surface area contributed by atoms with Crippen LogP contribution in [0.1, 0.15) is 5.56 Å². The van der Waals surface area contributed by atoms with E-state index < -0.39 is 7.14 Å². The van der Waals surface area contributed by atoms with Crippen molar-refractivity contribution in [3.63, 3.8) is 0 Å². The average Bonchev–Trinajstić information content (AvgIpc) is 1.94. The van der Waals surface area contributed by atoms with Crippen LogP contribution in [0.4, 0.5) is 5.69 Å². The molecule has 1 rings (SSSR count). The van der Waals surface area contributed by atoms with E-state index in [2.05, 4.69) is 0 Å². The summed E-state index contributed by atoms with van der Waals surface area (Å²) in [6, 6.07) is 3.46. The second-order valence-corrected chi connectivity index (χ2v) is 7.10. The van der Waals surface area contributed by atoms with Crippen molar-refractivity contribution in [2.24, 2.45) is 0 Å². The summed E-state index contributed by atoms with van der Waals surface area (Å²) in [7, 11) is -2.29. The first kappa shape index (κ1) is 10.6. The Labute approximate surface area is 83.5 Å². The predicted molar refractivity (Wildman–Crippen MR) is 59.7 cm³/mol. The van der Waals surface area contributed by atoms with Crippen molar-refractivity contribution in [1.29, 1.82) is 0 Å². The minimum Gasteiger partial charge on any atom is -0.398 e. The van der Waals surface area contributed by atoms with Crippen molar-refractivity contribution in [3.05, 3.63) is 22.7 Å². The molecule has 0 amide bonds. The van der Waals surface area contributed by atoms with Crippen LogP contribution in [0.25, 0.3) is 0 Å². The van der Waals surface area contributed by atoms with Gasteiger partial charge in [0.15, 0.2) is 0 Å². The Morgan fingerprint density at radius 3 is 2.38 bits per heavy atom. The molecule has 0 spiro atoms. The summed E-state index contributed by atoms with van der Waals surface area (Å²) < 4.78 is 11.8. The third-order valence-corrected chi connectivity index (χ3v) is 3.89. The Morgan fingerprint density at radius 1 is 1.38 bits per heavy atom. The molecule has 0 fully saturated rings. The Balaban J connectivity index is 3.41. The highest BCUT2D eigenvalue weighted by Crippen LogP contribution is 2.38. The fraction of sp³-hybridized carbons (Fsp3) is 0.333. The van der Waals surface area contributed by atoms with Gasteiger partial charge in [-0.05, 0) is 37.9 Å². The molecule has 0 heterocycles. The zero-order chi connectivity index (χ0) is 10.2. The monoisotopic (exact) mass is 217 g/mol. The molecule has 0 aliphatic heterocycles. The first-order valence-corrected chi connectivity index (χ1v) is 6.91. The summed E-state index contributed by atoms with van der Waals surface area (Å²) in [6.45, 7) is 5.28. The van der Waals surface area contributed by atoms with E-state index >= 15 is 0 Å². The molecule has 0 saturated heterocycles. The first-order valence-electron chi connectivity index (χ1n) is 3.93. The van der Waals surface area contributed by atoms with Crippen LogP contribution in [0.15, 0.2) is 12.1 Å². The van der Waals surface area contributed by atoms with Gasteiger partial charge in [-0.2, -0.15) is 0 Å². The molecule has 0 atom stereocenters. The molecule has 2 nitrogen and oxygen atoms in total. The van der Waals surface area contributed by atoms with E-state index in [-0.39, 0.29) is 0 Å². The Bertz CT molecular complexity index is 383. The molecule has 1 aromatic rings. The molecule has 2 N–H and O–H groups in total. The maximum atomic E-state index is 11.8. The minimum absolute atomic E-state index is 0.497. The topological polar surface area (TPSA) is 43.1 Å². The molecule has 0 bridgehead atoms. The largest absolute Gasteiger partial charge is 0.398 e. The van der Waals surface area contributed by atoms with Crippen LogP contribution in [0, 0.1) is 6.92 Å². The number of nitrogen functional groups attached to an aromatic ring is 1. The van der Waals surface area contributed by atoms with Crippen molar-refractivity contribution in [2.45, 2.75) is 6.92 Å². The maximum absolute atomic E-state index is 11.8. The zero-order valence-corrected chi connectivity index (χ0v) is 9.62. The van der Waals surface area contributed by atoms with Crippen LogP contribution in [0.3, 0.4) is 0 Å². The van der Waals surface area contributed by atoms with Crippen molar-refractivity contribution >= 4 is 29.7 Å². The third kappa shape index (κ3) is 2.26. The highest BCUT2D eigenvalue weighted by molar-refractivity contribution is 7.70. The van der Waals surface area contributed by atoms with E-state index in [0.717, 1.165) is 5.56 Å². The zero-order valence-electron chi connectivity index (χ0n) is 7.97. The summed E-state index contributed by atoms with van der Waals surface area (Å²) in [5, 5.41) is 1.21. The summed E-state index contributed by atoms with van der Waals surface area (Å²) in [5.74, 6) is 0. The number of benzene rings is 1. The molecule has 0 aliphatic rings. The van der Waals surface area contributed by atoms with Gasteiger partial charge in [0.2, 0.25) is 0 Å². The number of nitrogens with two attached hydrogens (primary N) is 1. The Hall–Kier alpha value is -0.460. The smallest absolute Gasteiger partial charge is 0.111 e. The number of anilines is 1. The molecular formula is C9H13ClNOP. The van der Waals surface area contributed by atoms with Gasteiger partial charge in [-0.1, -0.05) is 11.6 Å². The number of rotatable bonds is 1. The molecule has 1 aromatic carbocycles. The second-order valence-electron chi connectivity index (χ2n) is 3.51. The second kappa shape index (κ2) is 3.36. The van der Waals surface area contributed by atoms with Gasteiger partial charge in [-0.25, -0.2) is 0 Å². The molecule has 4 heteroatoms. The van der Waals surface area contributed by atoms with Crippen LogP contribution in [-0.2, 0) is 4.57 Å². The lowest BCUT2D eigenvalue weighted by Crippen LogP contribution is -2.07. The number of aryl methyl sites for hydroxylation is 1. The van der Waals surface area contributed by atoms with Crippen LogP contribution in [-0.4, -0.2) is 13.3 Å². The molecule has 0 radical (unpaired) electrons. The minimum atomic E-state index is -2.29. The summed E-state index contributed by atoms with van der Waals surface area (Å²) >= 11 is 5.93. The average molecular weight is 218 g/mol. The number of hydrogen-bond donors (Lipinski definition) is 1. The van der Waals surface area contributed by atoms with Crippen molar-refractivity contribution in [1.82, 2.24) is 0 Å². The molecule has 0 aromatic heterocycles. The fourth-order valence-electron chi connectivity index (χ4n) is 1.09. The normalized spacial score (nSPS) is 11.7. The highest BCUT2D eigenvalue weighted by atomic mass is 35.5. The summed E-state index contributed by atoms with van der Waals surface area (Å²) in [4.78, 5) is 0. The van der Waals surface area contributed by atoms with Gasteiger partial charge in [0.25, 0.3) is 0 Å². The highest BCUT2D eigenvalue weighted by Gasteiger charge is 2.16. The van der Waals surface area contributed by atoms with E-state index in [9.17, 15) is 4.57 Å². The standard InChI is InChI=1S/C9H13ClNOP/c1-6-4-9(13(2,3)12)7(10)5-8(6)11/h4-5H,11H2,1-3H3. The van der Waals surface area contributed by atoms with Crippen LogP contribution in [0.5, 0.6) is 0 Å². The third-order valence-electron chi connectivity index (χ3n) is 1.92. The van der Waals surface area contributed by atoms with Gasteiger partial charge in [0, 0.05) is 11.0 Å². The number of hydrogen-bond acceptors (Lipinski definition) is 2. The predicted octanol–water partition coefficient (Wildman–Crippen LogP) is 2.48. The van der Waals surface area contributed by atoms with Crippen LogP contribution < -0.4 is 11.0 Å². The van der Waals surface area contributed by atoms with Gasteiger partial charge >= 0.3 is 0 Å². The SMILES string of the molecule is Cc1cc(P(C)(C)=O)c(Cl)cc1N. The van der Waals surface area contributed by atoms with E-state index in [1.807, 2.05) is 6.92 Å². The lowest BCUT2D eigenvalue weighted by Gasteiger charge is -2.11. The maximum Gasteiger partial charge on any atom is 0.111 e. The quantitative estimate of drug-likeness (QED) is 0.580. The van der Waals surface area contributed by atoms with Crippen molar-refractivity contribution in [3.8, 4) is 0 Å². The van der Waals surface area contributed by atoms with Gasteiger partial charge in [0.05, 0.1) is 5.02 Å². The van der Waals surface area contributed by atoms with E-state index in [0.29, 0.717) is 16.0 Å². The van der Waals surface area contributed by atoms with Crippen molar-refractivity contribution < 1.29 is 4.57 Å². The van der Waals surface area contributed by atoms with Crippen LogP contribution >= 0.6 is 18.7 Å². The number of halogens is 1. The van der Waals surface area contributed by atoms with Crippen molar-refractivity contribution in [2.75, 3.05) is 19.1 Å². The fourth-order valence-corrected chi connectivity index (χ4v) is 2.96. The Kier molecular flexibility index (Phi) is 2.74. The molecule has 0 saturated carbocycles. The molecule has 0 aliphatic carbocycles. The lowest BCUT2D eigenvalue weighted by atomic mass is 10.2.